The van der Waals surface area contributed by atoms with Gasteiger partial charge in [0.25, 0.3) is 0 Å². The lowest BCUT2D eigenvalue weighted by molar-refractivity contribution is -0.384. The van der Waals surface area contributed by atoms with Gasteiger partial charge in [0.05, 0.1) is 4.92 Å². The van der Waals surface area contributed by atoms with Gasteiger partial charge in [-0.3, -0.25) is 19.8 Å². The molecule has 2 heterocycles. The standard InChI is InChI=1S/C10H12N4O3/c11-5-7-4-9(15)13(6-7)10-8(14(16)17)2-1-3-12-10/h1-3,7H,4-6,11H2. The van der Waals surface area contributed by atoms with E-state index in [9.17, 15) is 14.9 Å². The minimum Gasteiger partial charge on any atom is -0.330 e. The Morgan fingerprint density at radius 1 is 1.65 bits per heavy atom. The quantitative estimate of drug-likeness (QED) is 0.600. The minimum absolute atomic E-state index is 0.0455. The first-order chi connectivity index (χ1) is 8.13. The molecule has 1 unspecified atom stereocenters. The Kier molecular flexibility index (Phi) is 3.01. The molecule has 0 aliphatic carbocycles. The Balaban J connectivity index is 2.35. The largest absolute Gasteiger partial charge is 0.330 e. The zero-order chi connectivity index (χ0) is 12.4. The van der Waals surface area contributed by atoms with Crippen molar-refractivity contribution in [3.8, 4) is 0 Å². The molecule has 2 N–H and O–H groups in total. The lowest BCUT2D eigenvalue weighted by Gasteiger charge is -2.14. The van der Waals surface area contributed by atoms with E-state index >= 15 is 0 Å². The summed E-state index contributed by atoms with van der Waals surface area (Å²) in [6.45, 7) is 0.788. The molecule has 0 saturated carbocycles. The number of hydrogen-bond acceptors (Lipinski definition) is 5. The molecule has 0 spiro atoms. The molecule has 90 valence electrons. The third-order valence-corrected chi connectivity index (χ3v) is 2.76. The number of hydrogen-bond donors (Lipinski definition) is 1. The highest BCUT2D eigenvalue weighted by atomic mass is 16.6. The number of pyridine rings is 1. The Hall–Kier alpha value is -2.02. The van der Waals surface area contributed by atoms with Gasteiger partial charge in [-0.15, -0.1) is 0 Å². The van der Waals surface area contributed by atoms with Gasteiger partial charge in [0.1, 0.15) is 0 Å². The van der Waals surface area contributed by atoms with E-state index in [1.165, 1.54) is 23.2 Å². The van der Waals surface area contributed by atoms with Gasteiger partial charge in [-0.1, -0.05) is 0 Å². The van der Waals surface area contributed by atoms with Gasteiger partial charge in [-0.25, -0.2) is 4.98 Å². The Morgan fingerprint density at radius 2 is 2.41 bits per heavy atom. The molecular formula is C10H12N4O3. The summed E-state index contributed by atoms with van der Waals surface area (Å²) >= 11 is 0. The fourth-order valence-corrected chi connectivity index (χ4v) is 1.88. The fourth-order valence-electron chi connectivity index (χ4n) is 1.88. The average Bonchev–Trinajstić information content (AvgIpc) is 2.70. The molecule has 1 aliphatic heterocycles. The van der Waals surface area contributed by atoms with Crippen molar-refractivity contribution in [2.45, 2.75) is 6.42 Å². The van der Waals surface area contributed by atoms with Crippen LogP contribution in [0.25, 0.3) is 0 Å². The van der Waals surface area contributed by atoms with Crippen molar-refractivity contribution >= 4 is 17.4 Å². The van der Waals surface area contributed by atoms with Crippen LogP contribution in [-0.4, -0.2) is 28.9 Å². The van der Waals surface area contributed by atoms with Crippen LogP contribution in [0.4, 0.5) is 11.5 Å². The molecule has 1 aliphatic rings. The topological polar surface area (TPSA) is 102 Å². The lowest BCUT2D eigenvalue weighted by atomic mass is 10.1. The highest BCUT2D eigenvalue weighted by Gasteiger charge is 2.34. The Labute approximate surface area is 97.4 Å². The summed E-state index contributed by atoms with van der Waals surface area (Å²) in [5, 5.41) is 10.8. The van der Waals surface area contributed by atoms with Gasteiger partial charge in [-0.2, -0.15) is 0 Å². The SMILES string of the molecule is NCC1CC(=O)N(c2ncccc2[N+](=O)[O-])C1. The van der Waals surface area contributed by atoms with Crippen molar-refractivity contribution in [2.75, 3.05) is 18.0 Å². The van der Waals surface area contributed by atoms with E-state index in [0.29, 0.717) is 19.5 Å². The molecule has 1 atom stereocenters. The molecule has 7 nitrogen and oxygen atoms in total. The zero-order valence-corrected chi connectivity index (χ0v) is 9.07. The van der Waals surface area contributed by atoms with E-state index in [2.05, 4.69) is 4.98 Å². The van der Waals surface area contributed by atoms with Gasteiger partial charge in [0, 0.05) is 25.2 Å². The maximum absolute atomic E-state index is 11.7. The summed E-state index contributed by atoms with van der Waals surface area (Å²) in [4.78, 5) is 27.3. The summed E-state index contributed by atoms with van der Waals surface area (Å²) in [6, 6.07) is 2.81. The summed E-state index contributed by atoms with van der Waals surface area (Å²) in [5.74, 6) is -0.00943. The van der Waals surface area contributed by atoms with E-state index < -0.39 is 4.92 Å². The Bertz CT molecular complexity index is 463. The zero-order valence-electron chi connectivity index (χ0n) is 9.07. The van der Waals surface area contributed by atoms with Crippen LogP contribution in [0.1, 0.15) is 6.42 Å². The predicted octanol–water partition coefficient (Wildman–Crippen LogP) is 0.301. The van der Waals surface area contributed by atoms with Gasteiger partial charge in [-0.05, 0) is 18.5 Å². The van der Waals surface area contributed by atoms with E-state index in [0.717, 1.165) is 0 Å². The van der Waals surface area contributed by atoms with Crippen molar-refractivity contribution in [1.82, 2.24) is 4.98 Å². The third kappa shape index (κ3) is 2.09. The predicted molar refractivity (Wildman–Crippen MR) is 60.4 cm³/mol. The van der Waals surface area contributed by atoms with Crippen LogP contribution in [0.5, 0.6) is 0 Å². The van der Waals surface area contributed by atoms with Crippen LogP contribution in [-0.2, 0) is 4.79 Å². The lowest BCUT2D eigenvalue weighted by Crippen LogP contribution is -2.27. The normalized spacial score (nSPS) is 19.7. The number of anilines is 1. The van der Waals surface area contributed by atoms with E-state index in [1.807, 2.05) is 0 Å². The van der Waals surface area contributed by atoms with Crippen LogP contribution >= 0.6 is 0 Å². The first-order valence-electron chi connectivity index (χ1n) is 5.23. The third-order valence-electron chi connectivity index (χ3n) is 2.76. The number of carbonyl (C=O) groups excluding carboxylic acids is 1. The maximum atomic E-state index is 11.7. The van der Waals surface area contributed by atoms with Crippen LogP contribution in [0.3, 0.4) is 0 Å². The number of nitro groups is 1. The molecular weight excluding hydrogens is 224 g/mol. The number of rotatable bonds is 3. The molecule has 0 bridgehead atoms. The van der Waals surface area contributed by atoms with Gasteiger partial charge >= 0.3 is 5.69 Å². The molecule has 1 aromatic rings. The van der Waals surface area contributed by atoms with Crippen molar-refractivity contribution in [3.05, 3.63) is 28.4 Å². The highest BCUT2D eigenvalue weighted by molar-refractivity contribution is 5.96. The van der Waals surface area contributed by atoms with Gasteiger partial charge in [0.2, 0.25) is 11.7 Å². The second-order valence-electron chi connectivity index (χ2n) is 3.91. The molecule has 1 aromatic heterocycles. The summed E-state index contributed by atoms with van der Waals surface area (Å²) in [7, 11) is 0. The highest BCUT2D eigenvalue weighted by Crippen LogP contribution is 2.30. The summed E-state index contributed by atoms with van der Waals surface area (Å²) in [5.41, 5.74) is 5.35. The molecule has 1 fully saturated rings. The van der Waals surface area contributed by atoms with Crippen molar-refractivity contribution in [3.63, 3.8) is 0 Å². The molecule has 7 heteroatoms. The number of aromatic nitrogens is 1. The molecule has 1 saturated heterocycles. The van der Waals surface area contributed by atoms with Crippen molar-refractivity contribution < 1.29 is 9.72 Å². The minimum atomic E-state index is -0.536. The van der Waals surface area contributed by atoms with Crippen molar-refractivity contribution in [1.29, 1.82) is 0 Å². The number of nitrogens with zero attached hydrogens (tertiary/aromatic N) is 3. The smallest absolute Gasteiger partial charge is 0.312 e. The van der Waals surface area contributed by atoms with Gasteiger partial charge < -0.3 is 5.73 Å². The fraction of sp³-hybridized carbons (Fsp3) is 0.400. The number of amides is 1. The number of nitrogens with two attached hydrogens (primary N) is 1. The first-order valence-corrected chi connectivity index (χ1v) is 5.23. The van der Waals surface area contributed by atoms with Crippen LogP contribution in [0.2, 0.25) is 0 Å². The average molecular weight is 236 g/mol. The second-order valence-corrected chi connectivity index (χ2v) is 3.91. The molecule has 17 heavy (non-hydrogen) atoms. The molecule has 2 rings (SSSR count). The maximum Gasteiger partial charge on any atom is 0.312 e. The van der Waals surface area contributed by atoms with Crippen LogP contribution < -0.4 is 10.6 Å². The van der Waals surface area contributed by atoms with Crippen molar-refractivity contribution in [2.24, 2.45) is 11.7 Å². The van der Waals surface area contributed by atoms with E-state index in [1.54, 1.807) is 0 Å². The molecule has 0 radical (unpaired) electrons. The van der Waals surface area contributed by atoms with Crippen LogP contribution in [0, 0.1) is 16.0 Å². The molecule has 0 aromatic carbocycles. The Morgan fingerprint density at radius 3 is 3.00 bits per heavy atom. The second kappa shape index (κ2) is 4.46. The van der Waals surface area contributed by atoms with E-state index in [-0.39, 0.29) is 23.3 Å². The first kappa shape index (κ1) is 11.5. The van der Waals surface area contributed by atoms with Crippen LogP contribution in [0.15, 0.2) is 18.3 Å². The number of carbonyl (C=O) groups is 1. The monoisotopic (exact) mass is 236 g/mol. The van der Waals surface area contributed by atoms with Gasteiger partial charge in [0.15, 0.2) is 0 Å². The van der Waals surface area contributed by atoms with E-state index in [4.69, 9.17) is 5.73 Å². The summed E-state index contributed by atoms with van der Waals surface area (Å²) in [6.07, 6.45) is 1.76. The molecule has 1 amide bonds. The summed E-state index contributed by atoms with van der Waals surface area (Å²) < 4.78 is 0.